The summed E-state index contributed by atoms with van der Waals surface area (Å²) in [5.41, 5.74) is 0. The predicted molar refractivity (Wildman–Crippen MR) is 71.0 cm³/mol. The molecule has 1 aliphatic rings. The molecule has 1 amide bonds. The van der Waals surface area contributed by atoms with Crippen LogP contribution in [0.5, 0.6) is 0 Å². The molecule has 1 atom stereocenters. The Bertz CT molecular complexity index is 229. The van der Waals surface area contributed by atoms with Crippen LogP contribution >= 0.6 is 0 Å². The summed E-state index contributed by atoms with van der Waals surface area (Å²) in [6, 6.07) is 0.861. The second-order valence-electron chi connectivity index (χ2n) is 5.17. The molecule has 0 aromatic carbocycles. The van der Waals surface area contributed by atoms with Crippen LogP contribution in [0.2, 0.25) is 0 Å². The minimum Gasteiger partial charge on any atom is -0.354 e. The monoisotopic (exact) mass is 241 g/mol. The lowest BCUT2D eigenvalue weighted by molar-refractivity contribution is -0.122. The molecule has 0 bridgehead atoms. The number of piperidine rings is 1. The molecular formula is C13H27N3O. The maximum Gasteiger partial charge on any atom is 0.221 e. The number of hydrogen-bond donors (Lipinski definition) is 2. The van der Waals surface area contributed by atoms with Crippen molar-refractivity contribution >= 4 is 5.91 Å². The maximum absolute atomic E-state index is 11.5. The summed E-state index contributed by atoms with van der Waals surface area (Å²) in [4.78, 5) is 13.9. The van der Waals surface area contributed by atoms with E-state index < -0.39 is 0 Å². The van der Waals surface area contributed by atoms with Crippen LogP contribution in [0.3, 0.4) is 0 Å². The molecule has 0 spiro atoms. The fourth-order valence-corrected chi connectivity index (χ4v) is 2.37. The summed E-state index contributed by atoms with van der Waals surface area (Å²) in [5.74, 6) is 0.172. The van der Waals surface area contributed by atoms with E-state index in [1.807, 2.05) is 13.8 Å². The van der Waals surface area contributed by atoms with Crippen LogP contribution in [-0.2, 0) is 4.79 Å². The van der Waals surface area contributed by atoms with Crippen LogP contribution in [-0.4, -0.2) is 49.1 Å². The van der Waals surface area contributed by atoms with Crippen molar-refractivity contribution in [3.8, 4) is 0 Å². The summed E-state index contributed by atoms with van der Waals surface area (Å²) in [7, 11) is 0. The highest BCUT2D eigenvalue weighted by Crippen LogP contribution is 2.10. The minimum absolute atomic E-state index is 0.172. The summed E-state index contributed by atoms with van der Waals surface area (Å²) in [6.07, 6.45) is 3.13. The van der Waals surface area contributed by atoms with Crippen molar-refractivity contribution in [2.45, 2.75) is 52.1 Å². The Kier molecular flexibility index (Phi) is 6.52. The zero-order valence-corrected chi connectivity index (χ0v) is 11.5. The highest BCUT2D eigenvalue weighted by molar-refractivity contribution is 5.76. The van der Waals surface area contributed by atoms with Crippen molar-refractivity contribution in [2.75, 3.05) is 26.2 Å². The topological polar surface area (TPSA) is 44.4 Å². The fourth-order valence-electron chi connectivity index (χ4n) is 2.37. The quantitative estimate of drug-likeness (QED) is 0.728. The van der Waals surface area contributed by atoms with Crippen molar-refractivity contribution in [3.05, 3.63) is 0 Å². The van der Waals surface area contributed by atoms with Gasteiger partial charge in [-0.1, -0.05) is 6.92 Å². The summed E-state index contributed by atoms with van der Waals surface area (Å²) in [6.45, 7) is 10.3. The Labute approximate surface area is 105 Å². The average molecular weight is 241 g/mol. The second-order valence-corrected chi connectivity index (χ2v) is 5.17. The number of likely N-dealkylation sites (N-methyl/N-ethyl adjacent to an activating group) is 1. The molecular weight excluding hydrogens is 214 g/mol. The fraction of sp³-hybridized carbons (Fsp3) is 0.923. The number of hydrogen-bond acceptors (Lipinski definition) is 3. The van der Waals surface area contributed by atoms with E-state index in [0.717, 1.165) is 26.2 Å². The lowest BCUT2D eigenvalue weighted by Gasteiger charge is -2.33. The first kappa shape index (κ1) is 14.5. The van der Waals surface area contributed by atoms with E-state index in [4.69, 9.17) is 0 Å². The Morgan fingerprint density at radius 3 is 2.88 bits per heavy atom. The van der Waals surface area contributed by atoms with Gasteiger partial charge in [0.15, 0.2) is 0 Å². The van der Waals surface area contributed by atoms with E-state index in [1.54, 1.807) is 0 Å². The van der Waals surface area contributed by atoms with Gasteiger partial charge in [0.05, 0.1) is 0 Å². The van der Waals surface area contributed by atoms with Gasteiger partial charge in [0.25, 0.3) is 0 Å². The molecule has 0 aromatic heterocycles. The summed E-state index contributed by atoms with van der Waals surface area (Å²) in [5, 5.41) is 6.43. The molecule has 1 heterocycles. The summed E-state index contributed by atoms with van der Waals surface area (Å²) >= 11 is 0. The van der Waals surface area contributed by atoms with Crippen LogP contribution in [0, 0.1) is 0 Å². The number of carbonyl (C=O) groups excluding carboxylic acids is 1. The van der Waals surface area contributed by atoms with Gasteiger partial charge in [-0.3, -0.25) is 4.79 Å². The Morgan fingerprint density at radius 1 is 1.47 bits per heavy atom. The van der Waals surface area contributed by atoms with E-state index in [-0.39, 0.29) is 11.9 Å². The molecule has 2 N–H and O–H groups in total. The zero-order valence-electron chi connectivity index (χ0n) is 11.5. The van der Waals surface area contributed by atoms with E-state index in [0.29, 0.717) is 12.5 Å². The number of rotatable bonds is 6. The molecule has 0 radical (unpaired) electrons. The molecule has 4 nitrogen and oxygen atoms in total. The van der Waals surface area contributed by atoms with E-state index in [2.05, 4.69) is 22.5 Å². The normalized spacial score (nSPS) is 21.8. The van der Waals surface area contributed by atoms with Crippen molar-refractivity contribution in [1.29, 1.82) is 0 Å². The SMILES string of the molecule is CCNC1CCCN(CCC(=O)NC(C)C)C1. The number of amides is 1. The number of carbonyl (C=O) groups is 1. The van der Waals surface area contributed by atoms with Crippen LogP contribution in [0.4, 0.5) is 0 Å². The van der Waals surface area contributed by atoms with E-state index in [9.17, 15) is 4.79 Å². The molecule has 1 aliphatic heterocycles. The smallest absolute Gasteiger partial charge is 0.221 e. The van der Waals surface area contributed by atoms with Gasteiger partial charge < -0.3 is 15.5 Å². The third-order valence-corrected chi connectivity index (χ3v) is 3.10. The van der Waals surface area contributed by atoms with Crippen molar-refractivity contribution in [1.82, 2.24) is 15.5 Å². The zero-order chi connectivity index (χ0) is 12.7. The van der Waals surface area contributed by atoms with Gasteiger partial charge in [0.2, 0.25) is 5.91 Å². The highest BCUT2D eigenvalue weighted by Gasteiger charge is 2.19. The van der Waals surface area contributed by atoms with Gasteiger partial charge in [-0.05, 0) is 39.8 Å². The molecule has 0 saturated carbocycles. The standard InChI is InChI=1S/C13H27N3O/c1-4-14-12-6-5-8-16(10-12)9-7-13(17)15-11(2)3/h11-12,14H,4-10H2,1-3H3,(H,15,17). The Hall–Kier alpha value is -0.610. The van der Waals surface area contributed by atoms with E-state index >= 15 is 0 Å². The molecule has 4 heteroatoms. The molecule has 1 saturated heterocycles. The van der Waals surface area contributed by atoms with Crippen LogP contribution in [0.1, 0.15) is 40.0 Å². The lowest BCUT2D eigenvalue weighted by atomic mass is 10.1. The van der Waals surface area contributed by atoms with Crippen molar-refractivity contribution in [3.63, 3.8) is 0 Å². The first-order valence-corrected chi connectivity index (χ1v) is 6.87. The second kappa shape index (κ2) is 7.67. The van der Waals surface area contributed by atoms with Crippen molar-refractivity contribution in [2.24, 2.45) is 0 Å². The molecule has 0 aliphatic carbocycles. The molecule has 17 heavy (non-hydrogen) atoms. The van der Waals surface area contributed by atoms with Crippen LogP contribution in [0.15, 0.2) is 0 Å². The first-order chi connectivity index (χ1) is 8.11. The molecule has 1 fully saturated rings. The Balaban J connectivity index is 2.20. The molecule has 1 unspecified atom stereocenters. The third kappa shape index (κ3) is 6.03. The number of likely N-dealkylation sites (tertiary alicyclic amines) is 1. The molecule has 100 valence electrons. The van der Waals surface area contributed by atoms with Crippen LogP contribution < -0.4 is 10.6 Å². The molecule has 0 aromatic rings. The number of nitrogens with zero attached hydrogens (tertiary/aromatic N) is 1. The van der Waals surface area contributed by atoms with Crippen molar-refractivity contribution < 1.29 is 4.79 Å². The van der Waals surface area contributed by atoms with Gasteiger partial charge in [-0.2, -0.15) is 0 Å². The minimum atomic E-state index is 0.172. The Morgan fingerprint density at radius 2 is 2.24 bits per heavy atom. The van der Waals surface area contributed by atoms with E-state index in [1.165, 1.54) is 12.8 Å². The first-order valence-electron chi connectivity index (χ1n) is 6.87. The maximum atomic E-state index is 11.5. The van der Waals surface area contributed by atoms with Crippen LogP contribution in [0.25, 0.3) is 0 Å². The highest BCUT2D eigenvalue weighted by atomic mass is 16.1. The molecule has 1 rings (SSSR count). The van der Waals surface area contributed by atoms with Gasteiger partial charge >= 0.3 is 0 Å². The lowest BCUT2D eigenvalue weighted by Crippen LogP contribution is -2.46. The van der Waals surface area contributed by atoms with Gasteiger partial charge in [0.1, 0.15) is 0 Å². The van der Waals surface area contributed by atoms with Gasteiger partial charge in [-0.25, -0.2) is 0 Å². The summed E-state index contributed by atoms with van der Waals surface area (Å²) < 4.78 is 0. The number of nitrogens with one attached hydrogen (secondary N) is 2. The predicted octanol–water partition coefficient (Wildman–Crippen LogP) is 0.975. The third-order valence-electron chi connectivity index (χ3n) is 3.10. The van der Waals surface area contributed by atoms with Gasteiger partial charge in [-0.15, -0.1) is 0 Å². The largest absolute Gasteiger partial charge is 0.354 e. The average Bonchev–Trinajstić information content (AvgIpc) is 2.26. The van der Waals surface area contributed by atoms with Gasteiger partial charge in [0, 0.05) is 31.6 Å².